The Labute approximate surface area is 149 Å². The van der Waals surface area contributed by atoms with E-state index in [1.807, 2.05) is 13.8 Å². The summed E-state index contributed by atoms with van der Waals surface area (Å²) in [4.78, 5) is 37.6. The molecule has 6 nitrogen and oxygen atoms in total. The van der Waals surface area contributed by atoms with Gasteiger partial charge in [0.05, 0.1) is 22.4 Å². The van der Waals surface area contributed by atoms with E-state index in [2.05, 4.69) is 0 Å². The molecular weight excluding hydrogens is 344 g/mol. The molecule has 4 unspecified atom stereocenters. The fourth-order valence-corrected chi connectivity index (χ4v) is 5.21. The summed E-state index contributed by atoms with van der Waals surface area (Å²) in [7, 11) is 0. The number of rotatable bonds is 2. The van der Waals surface area contributed by atoms with E-state index in [-0.39, 0.29) is 51.9 Å². The summed E-state index contributed by atoms with van der Waals surface area (Å²) in [6.45, 7) is 4.08. The first-order chi connectivity index (χ1) is 11.8. The summed E-state index contributed by atoms with van der Waals surface area (Å²) in [5, 5.41) is 11.1. The number of nitro benzene ring substituents is 1. The summed E-state index contributed by atoms with van der Waals surface area (Å²) >= 11 is 5.84. The molecule has 130 valence electrons. The van der Waals surface area contributed by atoms with E-state index in [1.54, 1.807) is 0 Å². The number of hydrogen-bond acceptors (Lipinski definition) is 4. The number of carbonyl (C=O) groups is 2. The molecule has 1 aromatic carbocycles. The van der Waals surface area contributed by atoms with Crippen LogP contribution in [0.3, 0.4) is 0 Å². The summed E-state index contributed by atoms with van der Waals surface area (Å²) in [6, 6.07) is 4.07. The van der Waals surface area contributed by atoms with E-state index >= 15 is 0 Å². The molecule has 0 aromatic heterocycles. The van der Waals surface area contributed by atoms with Crippen molar-refractivity contribution in [2.24, 2.45) is 23.7 Å². The molecule has 0 N–H and O–H groups in total. The topological polar surface area (TPSA) is 80.5 Å². The lowest BCUT2D eigenvalue weighted by molar-refractivity contribution is -0.384. The monoisotopic (exact) mass is 360 g/mol. The number of halogens is 1. The lowest BCUT2D eigenvalue weighted by Crippen LogP contribution is -2.33. The molecule has 2 saturated carbocycles. The maximum Gasteiger partial charge on any atom is 0.289 e. The predicted molar refractivity (Wildman–Crippen MR) is 92.2 cm³/mol. The fraction of sp³-hybridized carbons (Fsp3) is 0.444. The van der Waals surface area contributed by atoms with Gasteiger partial charge in [-0.1, -0.05) is 22.7 Å². The smallest absolute Gasteiger partial charge is 0.274 e. The second kappa shape index (κ2) is 5.39. The second-order valence-corrected chi connectivity index (χ2v) is 7.61. The molecule has 1 aromatic rings. The molecular formula is C18H17ClN2O4. The first-order valence-corrected chi connectivity index (χ1v) is 8.69. The predicted octanol–water partition coefficient (Wildman–Crippen LogP) is 3.73. The Balaban J connectivity index is 1.76. The largest absolute Gasteiger partial charge is 0.289 e. The Morgan fingerprint density at radius 2 is 1.72 bits per heavy atom. The summed E-state index contributed by atoms with van der Waals surface area (Å²) in [6.07, 6.45) is 1.86. The van der Waals surface area contributed by atoms with Crippen molar-refractivity contribution in [1.82, 2.24) is 0 Å². The van der Waals surface area contributed by atoms with Crippen LogP contribution in [0.5, 0.6) is 0 Å². The van der Waals surface area contributed by atoms with Crippen LogP contribution in [0.4, 0.5) is 11.4 Å². The van der Waals surface area contributed by atoms with Gasteiger partial charge in [-0.15, -0.1) is 0 Å². The maximum atomic E-state index is 13.0. The summed E-state index contributed by atoms with van der Waals surface area (Å²) < 4.78 is 0. The number of fused-ring (bicyclic) bond motifs is 5. The number of carbonyl (C=O) groups excluding carboxylic acids is 2. The van der Waals surface area contributed by atoms with Crippen LogP contribution in [-0.4, -0.2) is 16.7 Å². The Bertz CT molecular complexity index is 827. The van der Waals surface area contributed by atoms with Gasteiger partial charge in [0, 0.05) is 6.07 Å². The molecule has 2 bridgehead atoms. The van der Waals surface area contributed by atoms with Crippen molar-refractivity contribution in [2.75, 3.05) is 4.90 Å². The minimum Gasteiger partial charge on any atom is -0.274 e. The van der Waals surface area contributed by atoms with Crippen molar-refractivity contribution in [3.05, 3.63) is 44.5 Å². The minimum absolute atomic E-state index is 0.0139. The zero-order valence-electron chi connectivity index (χ0n) is 13.9. The number of amides is 2. The highest BCUT2D eigenvalue weighted by Gasteiger charge is 2.63. The molecule has 4 rings (SSSR count). The van der Waals surface area contributed by atoms with Gasteiger partial charge in [0.2, 0.25) is 11.8 Å². The van der Waals surface area contributed by atoms with Crippen molar-refractivity contribution in [3.8, 4) is 0 Å². The average molecular weight is 361 g/mol. The van der Waals surface area contributed by atoms with Crippen molar-refractivity contribution in [3.63, 3.8) is 0 Å². The first-order valence-electron chi connectivity index (χ1n) is 8.32. The third-order valence-corrected chi connectivity index (χ3v) is 6.13. The first kappa shape index (κ1) is 16.3. The highest BCUT2D eigenvalue weighted by atomic mass is 35.5. The number of nitro groups is 1. The summed E-state index contributed by atoms with van der Waals surface area (Å²) in [5.74, 6) is -0.876. The van der Waals surface area contributed by atoms with Gasteiger partial charge < -0.3 is 0 Å². The van der Waals surface area contributed by atoms with Crippen LogP contribution in [0.1, 0.15) is 26.7 Å². The third-order valence-electron chi connectivity index (χ3n) is 5.81. The molecule has 3 aliphatic rings. The Morgan fingerprint density at radius 1 is 1.16 bits per heavy atom. The Hall–Kier alpha value is -2.21. The van der Waals surface area contributed by atoms with Crippen LogP contribution in [0, 0.1) is 33.8 Å². The normalized spacial score (nSPS) is 30.2. The van der Waals surface area contributed by atoms with Crippen LogP contribution in [-0.2, 0) is 9.59 Å². The van der Waals surface area contributed by atoms with Crippen LogP contribution < -0.4 is 4.90 Å². The average Bonchev–Trinajstić information content (AvgIpc) is 3.18. The van der Waals surface area contributed by atoms with Crippen molar-refractivity contribution < 1.29 is 14.5 Å². The number of hydrogen-bond donors (Lipinski definition) is 0. The van der Waals surface area contributed by atoms with Crippen LogP contribution >= 0.6 is 11.6 Å². The number of anilines is 1. The highest BCUT2D eigenvalue weighted by molar-refractivity contribution is 6.33. The molecule has 3 fully saturated rings. The van der Waals surface area contributed by atoms with Gasteiger partial charge in [-0.05, 0) is 50.7 Å². The van der Waals surface area contributed by atoms with Crippen molar-refractivity contribution in [1.29, 1.82) is 0 Å². The molecule has 0 spiro atoms. The molecule has 25 heavy (non-hydrogen) atoms. The van der Waals surface area contributed by atoms with Crippen LogP contribution in [0.25, 0.3) is 0 Å². The van der Waals surface area contributed by atoms with E-state index in [0.717, 1.165) is 17.7 Å². The highest BCUT2D eigenvalue weighted by Crippen LogP contribution is 2.60. The molecule has 4 atom stereocenters. The van der Waals surface area contributed by atoms with Gasteiger partial charge in [0.25, 0.3) is 5.69 Å². The number of allylic oxidation sites excluding steroid dienone is 2. The lowest BCUT2D eigenvalue weighted by atomic mass is 9.81. The minimum atomic E-state index is -0.608. The second-order valence-electron chi connectivity index (χ2n) is 7.20. The van der Waals surface area contributed by atoms with Crippen molar-refractivity contribution >= 4 is 34.8 Å². The number of nitrogens with zero attached hydrogens (tertiary/aromatic N) is 2. The molecule has 2 amide bonds. The summed E-state index contributed by atoms with van der Waals surface area (Å²) in [5.41, 5.74) is 2.41. The van der Waals surface area contributed by atoms with Crippen molar-refractivity contribution in [2.45, 2.75) is 26.7 Å². The number of benzene rings is 1. The molecule has 1 saturated heterocycles. The molecule has 0 radical (unpaired) electrons. The van der Waals surface area contributed by atoms with E-state index < -0.39 is 4.92 Å². The van der Waals surface area contributed by atoms with Gasteiger partial charge in [-0.2, -0.15) is 0 Å². The van der Waals surface area contributed by atoms with E-state index in [1.165, 1.54) is 29.3 Å². The molecule has 7 heteroatoms. The maximum absolute atomic E-state index is 13.0. The molecule has 1 heterocycles. The standard InChI is InChI=1S/C18H17ClN2O4/c1-8(2)14-10-4-5-11(14)16-15(10)17(22)20(18(16)23)9-3-6-12(19)13(7-9)21(24)25/h3,6-7,10-11,15-16H,4-5H2,1-2H3. The Kier molecular flexibility index (Phi) is 3.51. The van der Waals surface area contributed by atoms with E-state index in [9.17, 15) is 19.7 Å². The van der Waals surface area contributed by atoms with Gasteiger partial charge in [0.1, 0.15) is 5.02 Å². The van der Waals surface area contributed by atoms with E-state index in [0.29, 0.717) is 0 Å². The van der Waals surface area contributed by atoms with Crippen LogP contribution in [0.2, 0.25) is 5.02 Å². The van der Waals surface area contributed by atoms with Gasteiger partial charge in [-0.25, -0.2) is 4.90 Å². The quantitative estimate of drug-likeness (QED) is 0.348. The molecule has 1 aliphatic heterocycles. The van der Waals surface area contributed by atoms with Crippen LogP contribution in [0.15, 0.2) is 29.3 Å². The zero-order valence-corrected chi connectivity index (χ0v) is 14.6. The molecule has 2 aliphatic carbocycles. The van der Waals surface area contributed by atoms with Gasteiger partial charge in [0.15, 0.2) is 0 Å². The zero-order chi connectivity index (χ0) is 18.0. The SMILES string of the molecule is CC(C)=C1C2CCC1C1C(=O)N(c3ccc(Cl)c([N+](=O)[O-])c3)C(=O)C21. The lowest BCUT2D eigenvalue weighted by Gasteiger charge is -2.19. The fourth-order valence-electron chi connectivity index (χ4n) is 5.03. The van der Waals surface area contributed by atoms with Gasteiger partial charge in [-0.3, -0.25) is 19.7 Å². The van der Waals surface area contributed by atoms with Gasteiger partial charge >= 0.3 is 0 Å². The Morgan fingerprint density at radius 3 is 2.20 bits per heavy atom. The number of imide groups is 1. The third kappa shape index (κ3) is 2.10. The van der Waals surface area contributed by atoms with E-state index in [4.69, 9.17) is 11.6 Å².